The van der Waals surface area contributed by atoms with E-state index < -0.39 is 17.7 Å². The minimum absolute atomic E-state index is 0.276. The second kappa shape index (κ2) is 6.77. The zero-order chi connectivity index (χ0) is 16.4. The highest BCUT2D eigenvalue weighted by atomic mass is 79.9. The Bertz CT molecular complexity index is 424. The summed E-state index contributed by atoms with van der Waals surface area (Å²) in [5, 5.41) is 3.25. The predicted octanol–water partition coefficient (Wildman–Crippen LogP) is 3.54. The maximum absolute atomic E-state index is 12.5. The van der Waals surface area contributed by atoms with Crippen molar-refractivity contribution < 1.29 is 19.1 Å². The van der Waals surface area contributed by atoms with Crippen LogP contribution in [0.4, 0.5) is 4.79 Å². The Morgan fingerprint density at radius 3 is 2.41 bits per heavy atom. The Hall–Kier alpha value is -0.780. The van der Waals surface area contributed by atoms with Gasteiger partial charge in [-0.15, -0.1) is 0 Å². The van der Waals surface area contributed by atoms with Crippen molar-refractivity contribution in [1.82, 2.24) is 5.32 Å². The van der Waals surface area contributed by atoms with E-state index in [0.717, 1.165) is 32.1 Å². The summed E-state index contributed by atoms with van der Waals surface area (Å²) in [5.74, 6) is 0.370. The summed E-state index contributed by atoms with van der Waals surface area (Å²) >= 11 is 3.32. The number of halogens is 1. The molecule has 22 heavy (non-hydrogen) atoms. The quantitative estimate of drug-likeness (QED) is 0.589. The van der Waals surface area contributed by atoms with Gasteiger partial charge in [0, 0.05) is 5.33 Å². The first-order chi connectivity index (χ1) is 10.2. The molecule has 0 aromatic heterocycles. The van der Waals surface area contributed by atoms with Crippen molar-refractivity contribution in [3.8, 4) is 0 Å². The largest absolute Gasteiger partial charge is 0.458 e. The number of hydrogen-bond acceptors (Lipinski definition) is 4. The van der Waals surface area contributed by atoms with Gasteiger partial charge in [-0.2, -0.15) is 0 Å². The van der Waals surface area contributed by atoms with Crippen LogP contribution in [-0.4, -0.2) is 34.6 Å². The summed E-state index contributed by atoms with van der Waals surface area (Å²) in [7, 11) is 0. The van der Waals surface area contributed by atoms with Crippen LogP contribution in [0.3, 0.4) is 0 Å². The molecule has 0 saturated heterocycles. The molecule has 0 aromatic carbocycles. The summed E-state index contributed by atoms with van der Waals surface area (Å²) in [6.07, 6.45) is 5.09. The van der Waals surface area contributed by atoms with Crippen LogP contribution in [-0.2, 0) is 14.3 Å². The lowest BCUT2D eigenvalue weighted by molar-refractivity contribution is -0.161. The molecule has 5 nitrogen and oxygen atoms in total. The van der Waals surface area contributed by atoms with E-state index in [0.29, 0.717) is 17.7 Å². The predicted molar refractivity (Wildman–Crippen MR) is 87.0 cm³/mol. The fraction of sp³-hybridized carbons (Fsp3) is 0.875. The van der Waals surface area contributed by atoms with Crippen LogP contribution in [0.5, 0.6) is 0 Å². The Kier molecular flexibility index (Phi) is 5.41. The van der Waals surface area contributed by atoms with Crippen molar-refractivity contribution in [2.24, 2.45) is 5.92 Å². The molecule has 0 spiro atoms. The Morgan fingerprint density at radius 2 is 1.95 bits per heavy atom. The molecule has 2 aliphatic carbocycles. The number of carbonyl (C=O) groups excluding carboxylic acids is 2. The van der Waals surface area contributed by atoms with Crippen molar-refractivity contribution in [2.45, 2.75) is 76.5 Å². The lowest BCUT2D eigenvalue weighted by Crippen LogP contribution is -2.47. The number of amides is 1. The molecule has 2 bridgehead atoms. The number of ether oxygens (including phenoxy) is 2. The van der Waals surface area contributed by atoms with Crippen LogP contribution >= 0.6 is 15.9 Å². The molecular weight excluding hydrogens is 350 g/mol. The summed E-state index contributed by atoms with van der Waals surface area (Å²) < 4.78 is 11.0. The van der Waals surface area contributed by atoms with E-state index in [4.69, 9.17) is 9.47 Å². The average Bonchev–Trinajstić information content (AvgIpc) is 2.95. The van der Waals surface area contributed by atoms with Gasteiger partial charge < -0.3 is 14.8 Å². The molecule has 2 rings (SSSR count). The van der Waals surface area contributed by atoms with Gasteiger partial charge in [0.1, 0.15) is 17.2 Å². The molecule has 2 saturated carbocycles. The maximum atomic E-state index is 12.5. The van der Waals surface area contributed by atoms with Crippen LogP contribution in [0.25, 0.3) is 0 Å². The molecule has 1 atom stereocenters. The molecule has 0 aromatic rings. The first-order valence-corrected chi connectivity index (χ1v) is 9.13. The smallest absolute Gasteiger partial charge is 0.408 e. The van der Waals surface area contributed by atoms with Crippen molar-refractivity contribution in [3.63, 3.8) is 0 Å². The SMILES string of the molecule is CC(C)(C)OC(=O)N[C@@H](CCBr)C(=O)OC12CCC(CC1)C2. The highest BCUT2D eigenvalue weighted by molar-refractivity contribution is 9.09. The minimum Gasteiger partial charge on any atom is -0.458 e. The fourth-order valence-electron chi connectivity index (χ4n) is 3.37. The van der Waals surface area contributed by atoms with Gasteiger partial charge in [-0.05, 0) is 65.2 Å². The normalized spacial score (nSPS) is 28.3. The summed E-state index contributed by atoms with van der Waals surface area (Å²) in [4.78, 5) is 24.3. The molecule has 2 aliphatic rings. The van der Waals surface area contributed by atoms with Crippen molar-refractivity contribution >= 4 is 28.0 Å². The first kappa shape index (κ1) is 17.6. The molecule has 6 heteroatoms. The van der Waals surface area contributed by atoms with Gasteiger partial charge in [-0.1, -0.05) is 15.9 Å². The van der Waals surface area contributed by atoms with E-state index in [1.807, 2.05) is 0 Å². The van der Waals surface area contributed by atoms with Gasteiger partial charge in [0.05, 0.1) is 0 Å². The third-order valence-electron chi connectivity index (χ3n) is 4.37. The molecule has 2 fully saturated rings. The van der Waals surface area contributed by atoms with Gasteiger partial charge in [-0.25, -0.2) is 9.59 Å². The molecule has 126 valence electrons. The molecular formula is C16H26BrNO4. The van der Waals surface area contributed by atoms with E-state index in [-0.39, 0.29) is 11.6 Å². The van der Waals surface area contributed by atoms with Crippen molar-refractivity contribution in [3.05, 3.63) is 0 Å². The van der Waals surface area contributed by atoms with Crippen molar-refractivity contribution in [1.29, 1.82) is 0 Å². The van der Waals surface area contributed by atoms with E-state index in [9.17, 15) is 9.59 Å². The standard InChI is InChI=1S/C16H26BrNO4/c1-15(2,3)22-14(20)18-12(6-9-17)13(19)21-16-7-4-11(10-16)5-8-16/h11-12H,4-10H2,1-3H3,(H,18,20)/t11?,12-,16?/m0/s1. The number of rotatable bonds is 5. The summed E-state index contributed by atoms with van der Waals surface area (Å²) in [6.45, 7) is 5.38. The monoisotopic (exact) mass is 375 g/mol. The fourth-order valence-corrected chi connectivity index (χ4v) is 3.83. The van der Waals surface area contributed by atoms with Crippen LogP contribution in [0.15, 0.2) is 0 Å². The van der Waals surface area contributed by atoms with Gasteiger partial charge in [0.2, 0.25) is 0 Å². The second-order valence-corrected chi connectivity index (χ2v) is 8.22. The first-order valence-electron chi connectivity index (χ1n) is 8.01. The molecule has 1 N–H and O–H groups in total. The molecule has 0 aliphatic heterocycles. The molecule has 0 radical (unpaired) electrons. The van der Waals surface area contributed by atoms with Crippen LogP contribution in [0.2, 0.25) is 0 Å². The number of fused-ring (bicyclic) bond motifs is 2. The van der Waals surface area contributed by atoms with Crippen molar-refractivity contribution in [2.75, 3.05) is 5.33 Å². The lowest BCUT2D eigenvalue weighted by Gasteiger charge is -2.29. The number of alkyl halides is 1. The van der Waals surface area contributed by atoms with Crippen LogP contribution in [0, 0.1) is 5.92 Å². The number of carbonyl (C=O) groups is 2. The molecule has 0 heterocycles. The van der Waals surface area contributed by atoms with E-state index in [1.165, 1.54) is 0 Å². The number of esters is 1. The van der Waals surface area contributed by atoms with E-state index in [2.05, 4.69) is 21.2 Å². The van der Waals surface area contributed by atoms with E-state index in [1.54, 1.807) is 20.8 Å². The Labute approximate surface area is 140 Å². The van der Waals surface area contributed by atoms with Gasteiger partial charge >= 0.3 is 12.1 Å². The highest BCUT2D eigenvalue weighted by Crippen LogP contribution is 2.50. The number of hydrogen-bond donors (Lipinski definition) is 1. The summed E-state index contributed by atoms with van der Waals surface area (Å²) in [5.41, 5.74) is -0.863. The Morgan fingerprint density at radius 1 is 1.32 bits per heavy atom. The second-order valence-electron chi connectivity index (χ2n) is 7.43. The third kappa shape index (κ3) is 4.61. The van der Waals surface area contributed by atoms with Gasteiger partial charge in [-0.3, -0.25) is 0 Å². The van der Waals surface area contributed by atoms with Crippen LogP contribution in [0.1, 0.15) is 59.3 Å². The topological polar surface area (TPSA) is 64.6 Å². The third-order valence-corrected chi connectivity index (χ3v) is 4.83. The molecule has 1 amide bonds. The number of nitrogens with one attached hydrogen (secondary N) is 1. The summed E-state index contributed by atoms with van der Waals surface area (Å²) in [6, 6.07) is -0.664. The minimum atomic E-state index is -0.664. The maximum Gasteiger partial charge on any atom is 0.408 e. The van der Waals surface area contributed by atoms with Crippen LogP contribution < -0.4 is 5.32 Å². The Balaban J connectivity index is 1.92. The molecule has 0 unspecified atom stereocenters. The zero-order valence-corrected chi connectivity index (χ0v) is 15.2. The lowest BCUT2D eigenvalue weighted by atomic mass is 9.97. The van der Waals surface area contributed by atoms with E-state index >= 15 is 0 Å². The average molecular weight is 376 g/mol. The number of alkyl carbamates (subject to hydrolysis) is 1. The van der Waals surface area contributed by atoms with Gasteiger partial charge in [0.25, 0.3) is 0 Å². The zero-order valence-electron chi connectivity index (χ0n) is 13.6. The van der Waals surface area contributed by atoms with Gasteiger partial charge in [0.15, 0.2) is 0 Å². The highest BCUT2D eigenvalue weighted by Gasteiger charge is 2.48.